The van der Waals surface area contributed by atoms with Crippen LogP contribution >= 0.6 is 0 Å². The Labute approximate surface area is 445 Å². The fourth-order valence-electron chi connectivity index (χ4n) is 6.79. The maximum absolute atomic E-state index is 12.5. The molecule has 0 saturated heterocycles. The van der Waals surface area contributed by atoms with E-state index < -0.39 is 78.0 Å². The summed E-state index contributed by atoms with van der Waals surface area (Å²) in [7, 11) is -19.0. The van der Waals surface area contributed by atoms with Crippen molar-refractivity contribution in [3.05, 3.63) is 149 Å². The number of nitrogens with zero attached hydrogens (tertiary/aromatic N) is 8. The first-order chi connectivity index (χ1) is 36.0. The first-order valence-corrected chi connectivity index (χ1v) is 28.5. The molecule has 5 aromatic rings. The van der Waals surface area contributed by atoms with Gasteiger partial charge in [0.25, 0.3) is 40.5 Å². The molecule has 0 radical (unpaired) electrons. The third kappa shape index (κ3) is 16.9. The summed E-state index contributed by atoms with van der Waals surface area (Å²) in [5, 5.41) is 48.5. The van der Waals surface area contributed by atoms with Crippen LogP contribution in [0.1, 0.15) is 58.7 Å². The lowest BCUT2D eigenvalue weighted by atomic mass is 10.0. The molecule has 0 aliphatic heterocycles. The second-order valence-corrected chi connectivity index (χ2v) is 22.7. The average Bonchev–Trinajstić information content (AvgIpc) is 3.33. The van der Waals surface area contributed by atoms with E-state index in [9.17, 15) is 52.4 Å². The van der Waals surface area contributed by atoms with E-state index in [2.05, 4.69) is 59.4 Å². The number of phenolic OH excluding ortho intramolecular Hbond substituents is 1. The molecule has 406 valence electrons. The topological polar surface area (TPSA) is 358 Å². The van der Waals surface area contributed by atoms with Crippen LogP contribution in [0.4, 0.5) is 45.5 Å². The highest BCUT2D eigenvalue weighted by molar-refractivity contribution is 7.87. The zero-order valence-corrected chi connectivity index (χ0v) is 45.4. The van der Waals surface area contributed by atoms with E-state index in [1.807, 2.05) is 0 Å². The van der Waals surface area contributed by atoms with Gasteiger partial charge in [0.1, 0.15) is 32.6 Å². The molecule has 0 aliphatic carbocycles. The molecule has 0 atom stereocenters. The van der Waals surface area contributed by atoms with Crippen molar-refractivity contribution in [2.24, 2.45) is 40.9 Å². The van der Waals surface area contributed by atoms with Gasteiger partial charge in [-0.3, -0.25) is 18.2 Å². The molecule has 0 spiro atoms. The number of hydrogen-bond acceptors (Lipinski definition) is 19. The SMILES string of the molecule is C=C/C=C\C=C(/C)N/C=C\c1c(C=C)cc(S(=O)(=O)O)c(N=Nc2cc(C)c(N=Nc3cc(C)c(N=Nc4cc(C)c(N=Nc5ccc(S(=O)(=O)O)cc5S(=O)(=O)O)cc4OCCCCS(=O)(=O)O)cc3C)cc2C)c1O. The minimum absolute atomic E-state index is 0.0513. The van der Waals surface area contributed by atoms with Crippen LogP contribution in [0, 0.1) is 34.6 Å². The number of aryl methyl sites for hydroxylation is 5. The Hall–Kier alpha value is -7.76. The summed E-state index contributed by atoms with van der Waals surface area (Å²) in [6, 6.07) is 13.1. The van der Waals surface area contributed by atoms with Crippen molar-refractivity contribution >= 4 is 98.1 Å². The van der Waals surface area contributed by atoms with Gasteiger partial charge >= 0.3 is 0 Å². The number of hydrogen-bond donors (Lipinski definition) is 6. The average molecular weight is 1130 g/mol. The highest BCUT2D eigenvalue weighted by Crippen LogP contribution is 2.43. The lowest BCUT2D eigenvalue weighted by molar-refractivity contribution is 0.310. The van der Waals surface area contributed by atoms with Gasteiger partial charge in [0.15, 0.2) is 5.75 Å². The van der Waals surface area contributed by atoms with Gasteiger partial charge in [-0.1, -0.05) is 37.5 Å². The van der Waals surface area contributed by atoms with Crippen LogP contribution in [0.3, 0.4) is 0 Å². The number of ether oxygens (including phenoxy) is 1. The number of benzene rings is 5. The predicted octanol–water partition coefficient (Wildman–Crippen LogP) is 13.2. The molecular weight excluding hydrogens is 1080 g/mol. The molecule has 27 heteroatoms. The first-order valence-electron chi connectivity index (χ1n) is 22.6. The summed E-state index contributed by atoms with van der Waals surface area (Å²) in [5.74, 6) is -1.00. The third-order valence-corrected chi connectivity index (χ3v) is 14.3. The highest BCUT2D eigenvalue weighted by atomic mass is 32.2. The number of unbranched alkanes of at least 4 members (excludes halogenated alkanes) is 1. The van der Waals surface area contributed by atoms with Crippen LogP contribution in [0.25, 0.3) is 12.2 Å². The lowest BCUT2D eigenvalue weighted by Crippen LogP contribution is -2.06. The fraction of sp³-hybridized carbons (Fsp3) is 0.200. The largest absolute Gasteiger partial charge is 0.505 e. The number of rotatable bonds is 23. The summed E-state index contributed by atoms with van der Waals surface area (Å²) in [4.78, 5) is -2.45. The second kappa shape index (κ2) is 25.4. The third-order valence-electron chi connectivity index (χ3n) is 10.9. The molecule has 5 aromatic carbocycles. The maximum Gasteiger partial charge on any atom is 0.296 e. The summed E-state index contributed by atoms with van der Waals surface area (Å²) >= 11 is 0. The van der Waals surface area contributed by atoms with Crippen LogP contribution in [-0.2, 0) is 40.5 Å². The van der Waals surface area contributed by atoms with Gasteiger partial charge in [-0.05, 0) is 155 Å². The van der Waals surface area contributed by atoms with Crippen molar-refractivity contribution < 1.29 is 61.7 Å². The Morgan fingerprint density at radius 1 is 0.584 bits per heavy atom. The molecule has 0 aliphatic rings. The maximum atomic E-state index is 12.5. The Kier molecular flexibility index (Phi) is 19.8. The molecule has 0 aromatic heterocycles. The zero-order chi connectivity index (χ0) is 57.0. The quantitative estimate of drug-likeness (QED) is 0.0153. The van der Waals surface area contributed by atoms with E-state index in [0.29, 0.717) is 56.6 Å². The summed E-state index contributed by atoms with van der Waals surface area (Å²) < 4.78 is 139. The van der Waals surface area contributed by atoms with Crippen LogP contribution < -0.4 is 10.1 Å². The van der Waals surface area contributed by atoms with Crippen molar-refractivity contribution in [3.8, 4) is 11.5 Å². The Balaban J connectivity index is 1.43. The van der Waals surface area contributed by atoms with Crippen LogP contribution in [0.2, 0.25) is 0 Å². The predicted molar refractivity (Wildman–Crippen MR) is 290 cm³/mol. The van der Waals surface area contributed by atoms with Crippen LogP contribution in [-0.4, -0.2) is 69.3 Å². The smallest absolute Gasteiger partial charge is 0.296 e. The van der Waals surface area contributed by atoms with E-state index in [4.69, 9.17) is 9.29 Å². The number of aromatic hydroxyl groups is 1. The number of nitrogens with one attached hydrogen (secondary N) is 1. The van der Waals surface area contributed by atoms with Gasteiger partial charge in [0.2, 0.25) is 0 Å². The van der Waals surface area contributed by atoms with E-state index in [0.717, 1.165) is 23.9 Å². The van der Waals surface area contributed by atoms with Gasteiger partial charge in [-0.25, -0.2) is 0 Å². The summed E-state index contributed by atoms with van der Waals surface area (Å²) in [6.07, 6.45) is 11.5. The summed E-state index contributed by atoms with van der Waals surface area (Å²) in [5.41, 5.74) is 4.93. The number of allylic oxidation sites excluding steroid dienone is 5. The minimum atomic E-state index is -5.05. The molecule has 0 heterocycles. The van der Waals surface area contributed by atoms with Crippen LogP contribution in [0.5, 0.6) is 11.5 Å². The molecule has 0 fully saturated rings. The van der Waals surface area contributed by atoms with Gasteiger partial charge in [0, 0.05) is 23.5 Å². The highest BCUT2D eigenvalue weighted by Gasteiger charge is 2.24. The molecule has 0 saturated carbocycles. The zero-order valence-electron chi connectivity index (χ0n) is 42.2. The molecule has 23 nitrogen and oxygen atoms in total. The summed E-state index contributed by atoms with van der Waals surface area (Å²) in [6.45, 7) is 17.7. The molecule has 77 heavy (non-hydrogen) atoms. The monoisotopic (exact) mass is 1130 g/mol. The Bertz CT molecular complexity index is 3830. The van der Waals surface area contributed by atoms with Gasteiger partial charge in [-0.2, -0.15) is 59.2 Å². The Morgan fingerprint density at radius 3 is 1.55 bits per heavy atom. The van der Waals surface area contributed by atoms with E-state index in [1.54, 1.807) is 90.1 Å². The van der Waals surface area contributed by atoms with Gasteiger partial charge < -0.3 is 15.2 Å². The lowest BCUT2D eigenvalue weighted by Gasteiger charge is -2.12. The van der Waals surface area contributed by atoms with E-state index in [-0.39, 0.29) is 47.7 Å². The Morgan fingerprint density at radius 2 is 1.06 bits per heavy atom. The van der Waals surface area contributed by atoms with Gasteiger partial charge in [0.05, 0.1) is 45.7 Å². The molecule has 5 rings (SSSR count). The van der Waals surface area contributed by atoms with Crippen molar-refractivity contribution in [2.45, 2.75) is 69.1 Å². The minimum Gasteiger partial charge on any atom is -0.505 e. The van der Waals surface area contributed by atoms with Crippen molar-refractivity contribution in [2.75, 3.05) is 12.4 Å². The molecule has 0 unspecified atom stereocenters. The fourth-order valence-corrected chi connectivity index (χ4v) is 9.25. The standard InChI is InChI=1S/C50H53N9O14S4/c1-9-11-12-15-35(8)51-19-18-38-36(10-2)27-48(77(70,71)72)49(50(38)60)59-57-43-25-32(5)41(24-33(43)6)54-53-40-22-31(4)42(23-30(40)3)55-58-45-26-34(7)44(29-46(45)73-20-13-14-21-74(61,62)63)56-52-39-17-16-37(75(64,65)66)28-47(39)76(67,68)69/h9-12,15-19,22-29,51,60H,1-2,13-14,20-21H2,3-8H3,(H,61,62,63)(H,64,65,66)(H,67,68,69)(H,70,71,72)/b12-11-,19-18-,35-15+,54-53?,56-52?,58-55?,59-57?. The van der Waals surface area contributed by atoms with Crippen molar-refractivity contribution in [3.63, 3.8) is 0 Å². The van der Waals surface area contributed by atoms with Crippen molar-refractivity contribution in [1.29, 1.82) is 0 Å². The number of azo groups is 4. The molecule has 0 bridgehead atoms. The first kappa shape index (κ1) is 60.1. The van der Waals surface area contributed by atoms with Crippen LogP contribution in [0.15, 0.2) is 166 Å². The normalized spacial score (nSPS) is 13.1. The number of phenols is 1. The van der Waals surface area contributed by atoms with E-state index >= 15 is 0 Å². The van der Waals surface area contributed by atoms with Gasteiger partial charge in [-0.15, -0.1) is 15.3 Å². The second-order valence-electron chi connectivity index (χ2n) is 16.9. The molecule has 0 amide bonds. The van der Waals surface area contributed by atoms with Crippen molar-refractivity contribution in [1.82, 2.24) is 5.32 Å². The molecule has 6 N–H and O–H groups in total. The molecular formula is C50H53N9O14S4. The van der Waals surface area contributed by atoms with E-state index in [1.165, 1.54) is 30.5 Å².